The van der Waals surface area contributed by atoms with Crippen LogP contribution in [0.1, 0.15) is 5.76 Å². The van der Waals surface area contributed by atoms with Gasteiger partial charge in [-0.3, -0.25) is 4.90 Å². The quantitative estimate of drug-likeness (QED) is 0.765. The third-order valence-corrected chi connectivity index (χ3v) is 2.39. The summed E-state index contributed by atoms with van der Waals surface area (Å²) in [4.78, 5) is 2.23. The van der Waals surface area contributed by atoms with Crippen LogP contribution in [-0.4, -0.2) is 42.4 Å². The number of rotatable bonds is 3. The summed E-state index contributed by atoms with van der Waals surface area (Å²) in [6, 6.07) is 3.85. The van der Waals surface area contributed by atoms with Crippen LogP contribution in [0.5, 0.6) is 0 Å². The molecule has 4 nitrogen and oxygen atoms in total. The first-order chi connectivity index (χ1) is 6.88. The lowest BCUT2D eigenvalue weighted by Gasteiger charge is -2.31. The largest absolute Gasteiger partial charge is 0.468 e. The third-order valence-electron chi connectivity index (χ3n) is 2.39. The highest BCUT2D eigenvalue weighted by molar-refractivity contribution is 4.98. The highest BCUT2D eigenvalue weighted by Crippen LogP contribution is 2.10. The third kappa shape index (κ3) is 2.35. The summed E-state index contributed by atoms with van der Waals surface area (Å²) >= 11 is 0. The number of aliphatic hydroxyl groups excluding tert-OH is 1. The zero-order valence-corrected chi connectivity index (χ0v) is 8.06. The summed E-state index contributed by atoms with van der Waals surface area (Å²) in [5.41, 5.74) is 0. The molecule has 1 unspecified atom stereocenters. The van der Waals surface area contributed by atoms with E-state index < -0.39 is 0 Å². The van der Waals surface area contributed by atoms with Gasteiger partial charge in [0.1, 0.15) is 5.76 Å². The summed E-state index contributed by atoms with van der Waals surface area (Å²) in [5.74, 6) is 0.962. The Labute approximate surface area is 83.1 Å². The highest BCUT2D eigenvalue weighted by Gasteiger charge is 2.19. The molecule has 2 rings (SSSR count). The summed E-state index contributed by atoms with van der Waals surface area (Å²) in [5, 5.41) is 8.96. The Balaban J connectivity index is 1.86. The second kappa shape index (κ2) is 4.59. The molecule has 0 bridgehead atoms. The number of morpholine rings is 1. The molecule has 1 atom stereocenters. The Morgan fingerprint density at radius 2 is 2.50 bits per heavy atom. The van der Waals surface area contributed by atoms with Gasteiger partial charge < -0.3 is 14.3 Å². The van der Waals surface area contributed by atoms with E-state index in [4.69, 9.17) is 14.3 Å². The first-order valence-electron chi connectivity index (χ1n) is 4.85. The predicted octanol–water partition coefficient (Wildman–Crippen LogP) is 0.473. The Morgan fingerprint density at radius 1 is 1.57 bits per heavy atom. The van der Waals surface area contributed by atoms with Gasteiger partial charge in [-0.25, -0.2) is 0 Å². The van der Waals surface area contributed by atoms with E-state index in [2.05, 4.69) is 4.90 Å². The van der Waals surface area contributed by atoms with Gasteiger partial charge in [-0.2, -0.15) is 0 Å². The fourth-order valence-electron chi connectivity index (χ4n) is 1.66. The van der Waals surface area contributed by atoms with Gasteiger partial charge in [-0.1, -0.05) is 0 Å². The molecular weight excluding hydrogens is 182 g/mol. The van der Waals surface area contributed by atoms with E-state index >= 15 is 0 Å². The minimum atomic E-state index is -0.0429. The van der Waals surface area contributed by atoms with E-state index in [1.165, 1.54) is 0 Å². The molecule has 1 fully saturated rings. The molecule has 1 aliphatic rings. The van der Waals surface area contributed by atoms with Crippen molar-refractivity contribution in [3.8, 4) is 0 Å². The molecule has 1 aliphatic heterocycles. The first kappa shape index (κ1) is 9.71. The molecule has 78 valence electrons. The SMILES string of the molecule is OCC1CN(Cc2ccco2)CCO1. The zero-order chi connectivity index (χ0) is 9.80. The number of ether oxygens (including phenoxy) is 1. The molecule has 0 aromatic carbocycles. The molecule has 0 aliphatic carbocycles. The lowest BCUT2D eigenvalue weighted by Crippen LogP contribution is -2.43. The number of aliphatic hydroxyl groups is 1. The smallest absolute Gasteiger partial charge is 0.117 e. The normalized spacial score (nSPS) is 23.9. The van der Waals surface area contributed by atoms with E-state index in [9.17, 15) is 0 Å². The molecule has 0 radical (unpaired) electrons. The van der Waals surface area contributed by atoms with Gasteiger partial charge in [-0.05, 0) is 12.1 Å². The Bertz CT molecular complexity index is 260. The van der Waals surface area contributed by atoms with Crippen LogP contribution >= 0.6 is 0 Å². The van der Waals surface area contributed by atoms with Crippen LogP contribution in [0.4, 0.5) is 0 Å². The maximum absolute atomic E-state index is 8.96. The van der Waals surface area contributed by atoms with Crippen LogP contribution < -0.4 is 0 Å². The second-order valence-corrected chi connectivity index (χ2v) is 3.49. The van der Waals surface area contributed by atoms with Crippen molar-refractivity contribution < 1.29 is 14.3 Å². The predicted molar refractivity (Wildman–Crippen MR) is 50.8 cm³/mol. The lowest BCUT2D eigenvalue weighted by molar-refractivity contribution is -0.0564. The molecule has 1 N–H and O–H groups in total. The van der Waals surface area contributed by atoms with Crippen molar-refractivity contribution in [2.45, 2.75) is 12.6 Å². The van der Waals surface area contributed by atoms with Gasteiger partial charge in [0.05, 0.1) is 32.1 Å². The van der Waals surface area contributed by atoms with Crippen molar-refractivity contribution in [1.82, 2.24) is 4.90 Å². The molecular formula is C10H15NO3. The first-order valence-corrected chi connectivity index (χ1v) is 4.85. The topological polar surface area (TPSA) is 45.8 Å². The molecule has 1 saturated heterocycles. The average Bonchev–Trinajstić information content (AvgIpc) is 2.71. The van der Waals surface area contributed by atoms with Crippen LogP contribution in [0.25, 0.3) is 0 Å². The van der Waals surface area contributed by atoms with Crippen LogP contribution in [0.15, 0.2) is 22.8 Å². The van der Waals surface area contributed by atoms with Crippen LogP contribution in [-0.2, 0) is 11.3 Å². The number of furan rings is 1. The van der Waals surface area contributed by atoms with Crippen molar-refractivity contribution in [3.05, 3.63) is 24.2 Å². The van der Waals surface area contributed by atoms with Gasteiger partial charge in [0.15, 0.2) is 0 Å². The lowest BCUT2D eigenvalue weighted by atomic mass is 10.2. The van der Waals surface area contributed by atoms with Crippen molar-refractivity contribution >= 4 is 0 Å². The minimum Gasteiger partial charge on any atom is -0.468 e. The standard InChI is InChI=1S/C10H15NO3/c12-8-10-7-11(3-5-14-10)6-9-2-1-4-13-9/h1-2,4,10,12H,3,5-8H2. The second-order valence-electron chi connectivity index (χ2n) is 3.49. The highest BCUT2D eigenvalue weighted by atomic mass is 16.5. The zero-order valence-electron chi connectivity index (χ0n) is 8.06. The molecule has 2 heterocycles. The van der Waals surface area contributed by atoms with Crippen LogP contribution in [0, 0.1) is 0 Å². The summed E-state index contributed by atoms with van der Waals surface area (Å²) < 4.78 is 10.6. The molecule has 1 aromatic rings. The number of hydrogen-bond donors (Lipinski definition) is 1. The van der Waals surface area contributed by atoms with Gasteiger partial charge in [0.25, 0.3) is 0 Å². The maximum atomic E-state index is 8.96. The van der Waals surface area contributed by atoms with Crippen molar-refractivity contribution in [1.29, 1.82) is 0 Å². The van der Waals surface area contributed by atoms with Crippen molar-refractivity contribution in [2.24, 2.45) is 0 Å². The average molecular weight is 197 g/mol. The summed E-state index contributed by atoms with van der Waals surface area (Å²) in [7, 11) is 0. The van der Waals surface area contributed by atoms with Crippen LogP contribution in [0.3, 0.4) is 0 Å². The Morgan fingerprint density at radius 3 is 3.21 bits per heavy atom. The Hall–Kier alpha value is -0.840. The summed E-state index contributed by atoms with van der Waals surface area (Å²) in [6.45, 7) is 3.25. The minimum absolute atomic E-state index is 0.0429. The number of nitrogens with zero attached hydrogens (tertiary/aromatic N) is 1. The van der Waals surface area contributed by atoms with E-state index in [0.29, 0.717) is 6.61 Å². The molecule has 0 amide bonds. The van der Waals surface area contributed by atoms with Gasteiger partial charge in [0.2, 0.25) is 0 Å². The van der Waals surface area contributed by atoms with Crippen molar-refractivity contribution in [2.75, 3.05) is 26.3 Å². The van der Waals surface area contributed by atoms with E-state index in [0.717, 1.165) is 25.4 Å². The summed E-state index contributed by atoms with van der Waals surface area (Å²) in [6.07, 6.45) is 1.64. The molecule has 4 heteroatoms. The van der Waals surface area contributed by atoms with Crippen molar-refractivity contribution in [3.63, 3.8) is 0 Å². The fourth-order valence-corrected chi connectivity index (χ4v) is 1.66. The Kier molecular flexibility index (Phi) is 3.18. The molecule has 0 spiro atoms. The molecule has 1 aromatic heterocycles. The molecule has 0 saturated carbocycles. The van der Waals surface area contributed by atoms with Gasteiger partial charge >= 0.3 is 0 Å². The number of hydrogen-bond acceptors (Lipinski definition) is 4. The fraction of sp³-hybridized carbons (Fsp3) is 0.600. The monoisotopic (exact) mass is 197 g/mol. The van der Waals surface area contributed by atoms with Gasteiger partial charge in [-0.15, -0.1) is 0 Å². The molecule has 14 heavy (non-hydrogen) atoms. The van der Waals surface area contributed by atoms with Gasteiger partial charge in [0, 0.05) is 13.1 Å². The van der Waals surface area contributed by atoms with E-state index in [-0.39, 0.29) is 12.7 Å². The maximum Gasteiger partial charge on any atom is 0.117 e. The van der Waals surface area contributed by atoms with E-state index in [1.54, 1.807) is 6.26 Å². The van der Waals surface area contributed by atoms with Crippen LogP contribution in [0.2, 0.25) is 0 Å². The van der Waals surface area contributed by atoms with E-state index in [1.807, 2.05) is 12.1 Å².